The topological polar surface area (TPSA) is 71.5 Å². The first-order valence-corrected chi connectivity index (χ1v) is 11.3. The number of ether oxygens (including phenoxy) is 1. The van der Waals surface area contributed by atoms with Crippen LogP contribution in [-0.2, 0) is 4.74 Å². The predicted octanol–water partition coefficient (Wildman–Crippen LogP) is 5.41. The summed E-state index contributed by atoms with van der Waals surface area (Å²) in [5, 5.41) is 4.97. The van der Waals surface area contributed by atoms with E-state index in [9.17, 15) is 22.8 Å². The summed E-state index contributed by atoms with van der Waals surface area (Å²) in [6.45, 7) is 2.01. The van der Waals surface area contributed by atoms with Crippen LogP contribution in [0.1, 0.15) is 44.9 Å². The molecule has 1 amide bonds. The molecule has 2 aromatic heterocycles. The number of benzene rings is 1. The van der Waals surface area contributed by atoms with Crippen molar-refractivity contribution in [2.75, 3.05) is 30.4 Å². The highest BCUT2D eigenvalue weighted by atomic mass is 32.1. The number of hydrogen-bond acceptors (Lipinski definition) is 6. The number of methoxy groups -OCH3 is 1. The quantitative estimate of drug-likeness (QED) is 0.509. The van der Waals surface area contributed by atoms with Crippen molar-refractivity contribution in [3.63, 3.8) is 0 Å². The second-order valence-corrected chi connectivity index (χ2v) is 8.82. The number of nitrogens with zero attached hydrogens (tertiary/aromatic N) is 2. The zero-order valence-corrected chi connectivity index (χ0v) is 18.9. The zero-order chi connectivity index (χ0) is 23.8. The van der Waals surface area contributed by atoms with Crippen LogP contribution in [0.25, 0.3) is 10.9 Å². The van der Waals surface area contributed by atoms with Gasteiger partial charge in [0.2, 0.25) is 5.92 Å². The number of halogens is 3. The number of hydrogen-bond donors (Lipinski definition) is 1. The molecule has 174 valence electrons. The second-order valence-electron chi connectivity index (χ2n) is 7.94. The van der Waals surface area contributed by atoms with Crippen molar-refractivity contribution >= 4 is 45.6 Å². The Morgan fingerprint density at radius 1 is 1.21 bits per heavy atom. The summed E-state index contributed by atoms with van der Waals surface area (Å²) in [6.07, 6.45) is -0.357. The molecule has 0 radical (unpaired) electrons. The molecule has 6 nitrogen and oxygen atoms in total. The molecule has 1 fully saturated rings. The maximum Gasteiger partial charge on any atom is 0.348 e. The van der Waals surface area contributed by atoms with Crippen LogP contribution in [0, 0.1) is 12.7 Å². The molecule has 1 N–H and O–H groups in total. The van der Waals surface area contributed by atoms with Gasteiger partial charge in [-0.3, -0.25) is 4.79 Å². The molecule has 4 rings (SSSR count). The minimum atomic E-state index is -2.78. The molecule has 3 aromatic rings. The van der Waals surface area contributed by atoms with E-state index < -0.39 is 23.6 Å². The molecule has 3 heterocycles. The molecule has 0 aliphatic carbocycles. The Morgan fingerprint density at radius 2 is 2.00 bits per heavy atom. The third-order valence-corrected chi connectivity index (χ3v) is 6.74. The minimum Gasteiger partial charge on any atom is -0.465 e. The fraction of sp³-hybridized carbons (Fsp3) is 0.348. The smallest absolute Gasteiger partial charge is 0.348 e. The maximum absolute atomic E-state index is 13.9. The predicted molar refractivity (Wildman–Crippen MR) is 121 cm³/mol. The number of nitrogens with one attached hydrogen (secondary N) is 1. The van der Waals surface area contributed by atoms with Crippen LogP contribution in [0.3, 0.4) is 0 Å². The van der Waals surface area contributed by atoms with Crippen LogP contribution >= 0.6 is 11.3 Å². The van der Waals surface area contributed by atoms with E-state index in [1.165, 1.54) is 25.3 Å². The van der Waals surface area contributed by atoms with Crippen molar-refractivity contribution in [2.24, 2.45) is 0 Å². The third-order valence-electron chi connectivity index (χ3n) is 5.68. The number of rotatable bonds is 4. The first kappa shape index (κ1) is 23.0. The maximum atomic E-state index is 13.9. The summed E-state index contributed by atoms with van der Waals surface area (Å²) < 4.78 is 46.4. The van der Waals surface area contributed by atoms with Crippen LogP contribution < -0.4 is 10.2 Å². The van der Waals surface area contributed by atoms with Gasteiger partial charge in [-0.1, -0.05) is 0 Å². The lowest BCUT2D eigenvalue weighted by atomic mass is 10.1. The van der Waals surface area contributed by atoms with E-state index >= 15 is 0 Å². The van der Waals surface area contributed by atoms with Crippen molar-refractivity contribution in [2.45, 2.75) is 32.1 Å². The Morgan fingerprint density at radius 3 is 2.76 bits per heavy atom. The van der Waals surface area contributed by atoms with Gasteiger partial charge in [0, 0.05) is 42.8 Å². The lowest BCUT2D eigenvalue weighted by Crippen LogP contribution is -2.29. The van der Waals surface area contributed by atoms with E-state index in [1.807, 2.05) is 0 Å². The van der Waals surface area contributed by atoms with Gasteiger partial charge >= 0.3 is 5.97 Å². The standard InChI is InChI=1S/C23H22F3N3O3S/c1-13-18(12-33-19(13)22(31)32-2)28-21(30)16-10-14-4-5-15(24)11-17(14)27-20(16)29-8-3-6-23(25,26)7-9-29/h4-5,10-12H,3,6-9H2,1-2H3,(H,28,30). The molecule has 0 saturated carbocycles. The molecule has 10 heteroatoms. The molecule has 0 atom stereocenters. The zero-order valence-electron chi connectivity index (χ0n) is 18.1. The third kappa shape index (κ3) is 4.80. The number of carbonyl (C=O) groups excluding carboxylic acids is 2. The molecule has 1 aromatic carbocycles. The van der Waals surface area contributed by atoms with E-state index in [0.717, 1.165) is 11.3 Å². The van der Waals surface area contributed by atoms with Crippen molar-refractivity contribution in [1.82, 2.24) is 4.98 Å². The van der Waals surface area contributed by atoms with Crippen LogP contribution in [0.15, 0.2) is 29.6 Å². The largest absolute Gasteiger partial charge is 0.465 e. The number of fused-ring (bicyclic) bond motifs is 1. The number of pyridine rings is 1. The molecule has 0 spiro atoms. The van der Waals surface area contributed by atoms with E-state index in [0.29, 0.717) is 33.6 Å². The number of amides is 1. The highest BCUT2D eigenvalue weighted by molar-refractivity contribution is 7.12. The van der Waals surface area contributed by atoms with Gasteiger partial charge in [0.05, 0.1) is 23.9 Å². The Kier molecular flexibility index (Phi) is 6.29. The number of thiophene rings is 1. The first-order valence-electron chi connectivity index (χ1n) is 10.4. The molecule has 0 unspecified atom stereocenters. The highest BCUT2D eigenvalue weighted by Gasteiger charge is 2.33. The molecule has 1 aliphatic rings. The molecule has 33 heavy (non-hydrogen) atoms. The number of carbonyl (C=O) groups is 2. The average Bonchev–Trinajstić information content (AvgIpc) is 3.03. The fourth-order valence-corrected chi connectivity index (χ4v) is 4.78. The summed E-state index contributed by atoms with van der Waals surface area (Å²) in [6, 6.07) is 5.61. The summed E-state index contributed by atoms with van der Waals surface area (Å²) in [5.74, 6) is -4.04. The Balaban J connectivity index is 1.73. The molecular weight excluding hydrogens is 455 g/mol. The van der Waals surface area contributed by atoms with Crippen LogP contribution in [0.4, 0.5) is 24.7 Å². The van der Waals surface area contributed by atoms with Gasteiger partial charge in [-0.25, -0.2) is 22.9 Å². The summed E-state index contributed by atoms with van der Waals surface area (Å²) in [7, 11) is 1.28. The molecular formula is C23H22F3N3O3S. The molecule has 0 bridgehead atoms. The van der Waals surface area contributed by atoms with E-state index in [2.05, 4.69) is 10.3 Å². The highest BCUT2D eigenvalue weighted by Crippen LogP contribution is 2.33. The van der Waals surface area contributed by atoms with Gasteiger partial charge in [-0.15, -0.1) is 11.3 Å². The monoisotopic (exact) mass is 477 g/mol. The summed E-state index contributed by atoms with van der Waals surface area (Å²) >= 11 is 1.14. The molecule has 1 aliphatic heterocycles. The minimum absolute atomic E-state index is 0.0189. The van der Waals surface area contributed by atoms with Crippen LogP contribution in [0.2, 0.25) is 0 Å². The van der Waals surface area contributed by atoms with Crippen molar-refractivity contribution in [3.8, 4) is 0 Å². The van der Waals surface area contributed by atoms with Crippen LogP contribution in [0.5, 0.6) is 0 Å². The Hall–Kier alpha value is -3.14. The van der Waals surface area contributed by atoms with E-state index in [-0.39, 0.29) is 37.2 Å². The fourth-order valence-electron chi connectivity index (χ4n) is 3.84. The lowest BCUT2D eigenvalue weighted by Gasteiger charge is -2.24. The van der Waals surface area contributed by atoms with E-state index in [1.54, 1.807) is 23.3 Å². The Labute approximate surface area is 192 Å². The summed E-state index contributed by atoms with van der Waals surface area (Å²) in [4.78, 5) is 31.7. The van der Waals surface area contributed by atoms with Gasteiger partial charge in [-0.2, -0.15) is 0 Å². The van der Waals surface area contributed by atoms with Gasteiger partial charge in [-0.05, 0) is 37.1 Å². The Bertz CT molecular complexity index is 1230. The number of esters is 1. The van der Waals surface area contributed by atoms with E-state index in [4.69, 9.17) is 4.74 Å². The van der Waals surface area contributed by atoms with Crippen molar-refractivity contribution < 1.29 is 27.5 Å². The number of anilines is 2. The summed E-state index contributed by atoms with van der Waals surface area (Å²) in [5.41, 5.74) is 1.52. The van der Waals surface area contributed by atoms with Gasteiger partial charge in [0.1, 0.15) is 16.5 Å². The first-order chi connectivity index (χ1) is 15.7. The van der Waals surface area contributed by atoms with Gasteiger partial charge in [0.15, 0.2) is 0 Å². The average molecular weight is 478 g/mol. The normalized spacial score (nSPS) is 15.8. The number of aromatic nitrogens is 1. The lowest BCUT2D eigenvalue weighted by molar-refractivity contribution is -0.0102. The van der Waals surface area contributed by atoms with Crippen LogP contribution in [-0.4, -0.2) is 43.0 Å². The SMILES string of the molecule is COC(=O)c1scc(NC(=O)c2cc3ccc(F)cc3nc2N2CCCC(F)(F)CC2)c1C. The van der Waals surface area contributed by atoms with Gasteiger partial charge in [0.25, 0.3) is 5.91 Å². The van der Waals surface area contributed by atoms with Gasteiger partial charge < -0.3 is 15.0 Å². The van der Waals surface area contributed by atoms with Crippen molar-refractivity contribution in [1.29, 1.82) is 0 Å². The van der Waals surface area contributed by atoms with Crippen molar-refractivity contribution in [3.05, 3.63) is 51.5 Å². The molecule has 1 saturated heterocycles. The number of alkyl halides is 2. The second kappa shape index (κ2) is 9.01.